The number of fused-ring (bicyclic) bond motifs is 1. The summed E-state index contributed by atoms with van der Waals surface area (Å²) in [7, 11) is 1.82. The van der Waals surface area contributed by atoms with E-state index in [9.17, 15) is 4.79 Å². The monoisotopic (exact) mass is 370 g/mol. The molecule has 1 atom stereocenters. The number of nitrogens with zero attached hydrogens (tertiary/aromatic N) is 3. The van der Waals surface area contributed by atoms with Crippen LogP contribution in [-0.2, 0) is 25.9 Å². The first-order valence-electron chi connectivity index (χ1n) is 10.3. The minimum Gasteiger partial charge on any atom is -0.467 e. The molecule has 4 rings (SSSR count). The quantitative estimate of drug-likeness (QED) is 0.848. The molecule has 0 radical (unpaired) electrons. The van der Waals surface area contributed by atoms with Crippen LogP contribution in [0.25, 0.3) is 0 Å². The van der Waals surface area contributed by atoms with E-state index in [2.05, 4.69) is 12.2 Å². The van der Waals surface area contributed by atoms with Gasteiger partial charge in [0.1, 0.15) is 5.76 Å². The van der Waals surface area contributed by atoms with Crippen LogP contribution in [-0.4, -0.2) is 39.7 Å². The predicted octanol–water partition coefficient (Wildman–Crippen LogP) is 3.16. The van der Waals surface area contributed by atoms with Gasteiger partial charge in [-0.25, -0.2) is 0 Å². The second kappa shape index (κ2) is 7.89. The second-order valence-electron chi connectivity index (χ2n) is 7.92. The molecule has 27 heavy (non-hydrogen) atoms. The molecule has 1 saturated carbocycles. The molecule has 2 aliphatic rings. The summed E-state index contributed by atoms with van der Waals surface area (Å²) < 4.78 is 7.41. The molecule has 0 aromatic carbocycles. The lowest BCUT2D eigenvalue weighted by molar-refractivity contribution is 0.0767. The summed E-state index contributed by atoms with van der Waals surface area (Å²) in [5.74, 6) is 0.770. The Morgan fingerprint density at radius 3 is 2.85 bits per heavy atom. The van der Waals surface area contributed by atoms with Gasteiger partial charge in [0.2, 0.25) is 0 Å². The van der Waals surface area contributed by atoms with E-state index in [1.165, 1.54) is 31.4 Å². The van der Waals surface area contributed by atoms with Gasteiger partial charge in [-0.15, -0.1) is 0 Å². The van der Waals surface area contributed by atoms with Crippen molar-refractivity contribution in [2.24, 2.45) is 0 Å². The number of amides is 1. The fourth-order valence-electron chi connectivity index (χ4n) is 4.58. The maximum absolute atomic E-state index is 13.1. The van der Waals surface area contributed by atoms with Gasteiger partial charge in [-0.1, -0.05) is 12.8 Å². The van der Waals surface area contributed by atoms with Gasteiger partial charge in [0.25, 0.3) is 5.91 Å². The molecule has 0 unspecified atom stereocenters. The molecule has 2 aromatic heterocycles. The lowest BCUT2D eigenvalue weighted by atomic mass is 9.90. The highest BCUT2D eigenvalue weighted by molar-refractivity contribution is 5.94. The predicted molar refractivity (Wildman–Crippen MR) is 104 cm³/mol. The molecule has 0 bridgehead atoms. The topological polar surface area (TPSA) is 63.3 Å². The highest BCUT2D eigenvalue weighted by atomic mass is 16.3. The van der Waals surface area contributed by atoms with Gasteiger partial charge < -0.3 is 14.6 Å². The summed E-state index contributed by atoms with van der Waals surface area (Å²) in [5, 5.41) is 8.53. The Hall–Kier alpha value is -2.08. The number of carbonyl (C=O) groups excluding carboxylic acids is 1. The third-order valence-electron chi connectivity index (χ3n) is 6.00. The van der Waals surface area contributed by atoms with Crippen molar-refractivity contribution in [1.82, 2.24) is 20.0 Å². The summed E-state index contributed by atoms with van der Waals surface area (Å²) in [5.41, 5.74) is 3.02. The largest absolute Gasteiger partial charge is 0.467 e. The number of hydrogen-bond donors (Lipinski definition) is 1. The Kier molecular flexibility index (Phi) is 5.34. The molecule has 1 N–H and O–H groups in total. The molecule has 1 amide bonds. The van der Waals surface area contributed by atoms with Crippen molar-refractivity contribution in [1.29, 1.82) is 0 Å². The van der Waals surface area contributed by atoms with E-state index < -0.39 is 0 Å². The molecule has 0 saturated heterocycles. The lowest BCUT2D eigenvalue weighted by Crippen LogP contribution is -2.41. The summed E-state index contributed by atoms with van der Waals surface area (Å²) in [6.07, 6.45) is 9.92. The van der Waals surface area contributed by atoms with Crippen molar-refractivity contribution in [3.05, 3.63) is 41.1 Å². The SMILES string of the molecule is CCn1nc(C(=O)N(C)Cc2ccco2)c2c1CC[C@H](NC1CCCC1)C2. The molecule has 0 aliphatic heterocycles. The second-order valence-corrected chi connectivity index (χ2v) is 7.92. The van der Waals surface area contributed by atoms with E-state index in [1.54, 1.807) is 11.2 Å². The van der Waals surface area contributed by atoms with E-state index in [0.29, 0.717) is 24.3 Å². The summed E-state index contributed by atoms with van der Waals surface area (Å²) >= 11 is 0. The molecular formula is C21H30N4O2. The maximum atomic E-state index is 13.1. The summed E-state index contributed by atoms with van der Waals surface area (Å²) in [4.78, 5) is 14.8. The Morgan fingerprint density at radius 2 is 2.15 bits per heavy atom. The Morgan fingerprint density at radius 1 is 1.33 bits per heavy atom. The van der Waals surface area contributed by atoms with Gasteiger partial charge in [-0.2, -0.15) is 5.10 Å². The standard InChI is InChI=1S/C21H30N4O2/c1-3-25-19-11-10-16(22-15-7-4-5-8-15)13-18(19)20(23-25)21(26)24(2)14-17-9-6-12-27-17/h6,9,12,15-16,22H,3-5,7-8,10-11,13-14H2,1-2H3/t16-/m0/s1. The number of furan rings is 1. The van der Waals surface area contributed by atoms with Crippen molar-refractivity contribution in [2.45, 2.75) is 77.0 Å². The molecular weight excluding hydrogens is 340 g/mol. The maximum Gasteiger partial charge on any atom is 0.274 e. The Labute approximate surface area is 160 Å². The van der Waals surface area contributed by atoms with Crippen LogP contribution >= 0.6 is 0 Å². The van der Waals surface area contributed by atoms with Gasteiger partial charge in [-0.05, 0) is 51.2 Å². The third-order valence-corrected chi connectivity index (χ3v) is 6.00. The van der Waals surface area contributed by atoms with Crippen LogP contribution < -0.4 is 5.32 Å². The van der Waals surface area contributed by atoms with Crippen LogP contribution in [0, 0.1) is 0 Å². The fraction of sp³-hybridized carbons (Fsp3) is 0.619. The number of hydrogen-bond acceptors (Lipinski definition) is 4. The van der Waals surface area contributed by atoms with E-state index in [1.807, 2.05) is 23.9 Å². The smallest absolute Gasteiger partial charge is 0.274 e. The Balaban J connectivity index is 1.52. The van der Waals surface area contributed by atoms with Gasteiger partial charge >= 0.3 is 0 Å². The third kappa shape index (κ3) is 3.81. The van der Waals surface area contributed by atoms with Crippen LogP contribution in [0.1, 0.15) is 66.5 Å². The van der Waals surface area contributed by atoms with E-state index in [-0.39, 0.29) is 5.91 Å². The zero-order valence-electron chi connectivity index (χ0n) is 16.4. The van der Waals surface area contributed by atoms with Crippen molar-refractivity contribution in [2.75, 3.05) is 7.05 Å². The molecule has 2 heterocycles. The van der Waals surface area contributed by atoms with Gasteiger partial charge in [0, 0.05) is 36.9 Å². The van der Waals surface area contributed by atoms with Crippen LogP contribution in [0.3, 0.4) is 0 Å². The Bertz CT molecular complexity index is 774. The van der Waals surface area contributed by atoms with Gasteiger partial charge in [0.15, 0.2) is 5.69 Å². The van der Waals surface area contributed by atoms with Crippen molar-refractivity contribution < 1.29 is 9.21 Å². The molecule has 0 spiro atoms. The van der Waals surface area contributed by atoms with Crippen molar-refractivity contribution >= 4 is 5.91 Å². The van der Waals surface area contributed by atoms with Crippen LogP contribution in [0.5, 0.6) is 0 Å². The first-order chi connectivity index (χ1) is 13.2. The first kappa shape index (κ1) is 18.3. The normalized spacial score (nSPS) is 20.0. The van der Waals surface area contributed by atoms with E-state index >= 15 is 0 Å². The van der Waals surface area contributed by atoms with Crippen LogP contribution in [0.4, 0.5) is 0 Å². The summed E-state index contributed by atoms with van der Waals surface area (Å²) in [6.45, 7) is 3.36. The van der Waals surface area contributed by atoms with Crippen molar-refractivity contribution in [3.8, 4) is 0 Å². The van der Waals surface area contributed by atoms with Crippen molar-refractivity contribution in [3.63, 3.8) is 0 Å². The molecule has 6 nitrogen and oxygen atoms in total. The molecule has 6 heteroatoms. The van der Waals surface area contributed by atoms with E-state index in [4.69, 9.17) is 9.52 Å². The zero-order valence-corrected chi connectivity index (χ0v) is 16.4. The molecule has 1 fully saturated rings. The minimum absolute atomic E-state index is 0.0173. The number of nitrogens with one attached hydrogen (secondary N) is 1. The average Bonchev–Trinajstić information content (AvgIpc) is 3.42. The highest BCUT2D eigenvalue weighted by Crippen LogP contribution is 2.28. The number of aromatic nitrogens is 2. The number of rotatable bonds is 6. The lowest BCUT2D eigenvalue weighted by Gasteiger charge is -2.27. The molecule has 2 aromatic rings. The molecule has 2 aliphatic carbocycles. The van der Waals surface area contributed by atoms with Crippen LogP contribution in [0.15, 0.2) is 22.8 Å². The van der Waals surface area contributed by atoms with Gasteiger partial charge in [-0.3, -0.25) is 9.48 Å². The summed E-state index contributed by atoms with van der Waals surface area (Å²) in [6, 6.07) is 4.85. The van der Waals surface area contributed by atoms with Crippen LogP contribution in [0.2, 0.25) is 0 Å². The fourth-order valence-corrected chi connectivity index (χ4v) is 4.58. The zero-order chi connectivity index (χ0) is 18.8. The minimum atomic E-state index is -0.0173. The number of carbonyl (C=O) groups is 1. The molecule has 146 valence electrons. The highest BCUT2D eigenvalue weighted by Gasteiger charge is 2.31. The van der Waals surface area contributed by atoms with E-state index in [0.717, 1.165) is 37.1 Å². The average molecular weight is 370 g/mol. The first-order valence-corrected chi connectivity index (χ1v) is 10.3. The number of aryl methyl sites for hydroxylation is 1. The van der Waals surface area contributed by atoms with Gasteiger partial charge in [0.05, 0.1) is 12.8 Å².